The lowest BCUT2D eigenvalue weighted by Gasteiger charge is -2.38. The number of amidine groups is 1. The summed E-state index contributed by atoms with van der Waals surface area (Å²) in [6.45, 7) is 4.09. The highest BCUT2D eigenvalue weighted by Gasteiger charge is 2.33. The molecular weight excluding hydrogens is 402 g/mol. The van der Waals surface area contributed by atoms with E-state index < -0.39 is 11.9 Å². The van der Waals surface area contributed by atoms with Gasteiger partial charge in [-0.1, -0.05) is 43.5 Å². The molecule has 2 aliphatic heterocycles. The van der Waals surface area contributed by atoms with E-state index in [0.717, 1.165) is 36.5 Å². The molecule has 0 saturated carbocycles. The number of aliphatic imine (C=N–C) groups is 1. The first-order chi connectivity index (χ1) is 14.6. The van der Waals surface area contributed by atoms with E-state index in [9.17, 15) is 9.90 Å². The molecule has 0 unspecified atom stereocenters. The number of aliphatic carboxylic acids is 1. The summed E-state index contributed by atoms with van der Waals surface area (Å²) in [5.74, 6) is 1.00. The fourth-order valence-electron chi connectivity index (χ4n) is 4.10. The van der Waals surface area contributed by atoms with Crippen molar-refractivity contribution in [3.63, 3.8) is 0 Å². The Hall–Kier alpha value is -2.57. The normalized spacial score (nSPS) is 19.1. The first kappa shape index (κ1) is 20.7. The van der Waals surface area contributed by atoms with Crippen molar-refractivity contribution < 1.29 is 14.6 Å². The molecule has 2 aromatic carbocycles. The molecule has 0 amide bonds. The van der Waals surface area contributed by atoms with Crippen LogP contribution in [0, 0.1) is 5.92 Å². The molecular formula is C23H26ClN3O3. The minimum absolute atomic E-state index is 0.138. The number of ether oxygens (including phenoxy) is 1. The SMILES string of the molecule is CCCC[C@H](C(=O)O)[C@H]1CN(C2=Nc3cc(Cl)ccc3Oc3ccccc32)CCN1. The Balaban J connectivity index is 1.69. The second-order valence-corrected chi connectivity index (χ2v) is 8.18. The van der Waals surface area contributed by atoms with E-state index in [1.807, 2.05) is 30.3 Å². The molecule has 6 nitrogen and oxygen atoms in total. The average Bonchev–Trinajstić information content (AvgIpc) is 2.90. The third-order valence-electron chi connectivity index (χ3n) is 5.67. The number of rotatable bonds is 5. The number of unbranched alkanes of at least 4 members (excludes halogenated alkanes) is 1. The van der Waals surface area contributed by atoms with Crippen LogP contribution in [0.5, 0.6) is 11.5 Å². The van der Waals surface area contributed by atoms with E-state index in [4.69, 9.17) is 21.3 Å². The standard InChI is InChI=1S/C23H26ClN3O3/c1-2-3-6-16(23(28)29)19-14-27(12-11-25-19)22-17-7-4-5-8-20(17)30-21-10-9-15(24)13-18(21)26-22/h4-5,7-10,13,16,19,25H,2-3,6,11-12,14H2,1H3,(H,28,29)/t16-,19+/m0/s1. The summed E-state index contributed by atoms with van der Waals surface area (Å²) in [5.41, 5.74) is 1.57. The lowest BCUT2D eigenvalue weighted by molar-refractivity contribution is -0.143. The summed E-state index contributed by atoms with van der Waals surface area (Å²) in [6, 6.07) is 13.1. The Kier molecular flexibility index (Phi) is 6.25. The highest BCUT2D eigenvalue weighted by atomic mass is 35.5. The van der Waals surface area contributed by atoms with Crippen molar-refractivity contribution in [2.75, 3.05) is 19.6 Å². The van der Waals surface area contributed by atoms with Crippen molar-refractivity contribution in [1.29, 1.82) is 0 Å². The summed E-state index contributed by atoms with van der Waals surface area (Å²) >= 11 is 6.21. The van der Waals surface area contributed by atoms with Gasteiger partial charge >= 0.3 is 5.97 Å². The molecule has 0 spiro atoms. The number of carboxylic acids is 1. The molecule has 0 bridgehead atoms. The Morgan fingerprint density at radius 3 is 2.97 bits per heavy atom. The van der Waals surface area contributed by atoms with Crippen molar-refractivity contribution in [2.24, 2.45) is 10.9 Å². The maximum atomic E-state index is 11.9. The minimum atomic E-state index is -0.744. The van der Waals surface area contributed by atoms with Gasteiger partial charge in [0.05, 0.1) is 11.5 Å². The summed E-state index contributed by atoms with van der Waals surface area (Å²) in [6.07, 6.45) is 2.55. The predicted octanol–water partition coefficient (Wildman–Crippen LogP) is 4.69. The smallest absolute Gasteiger partial charge is 0.308 e. The second kappa shape index (κ2) is 9.06. The molecule has 2 heterocycles. The molecule has 4 rings (SSSR count). The van der Waals surface area contributed by atoms with Crippen molar-refractivity contribution in [1.82, 2.24) is 10.2 Å². The van der Waals surface area contributed by atoms with E-state index >= 15 is 0 Å². The lowest BCUT2D eigenvalue weighted by atomic mass is 9.92. The fraction of sp³-hybridized carbons (Fsp3) is 0.391. The van der Waals surface area contributed by atoms with Crippen LogP contribution in [0.25, 0.3) is 0 Å². The van der Waals surface area contributed by atoms with E-state index in [0.29, 0.717) is 36.0 Å². The van der Waals surface area contributed by atoms with Crippen molar-refractivity contribution in [2.45, 2.75) is 32.2 Å². The van der Waals surface area contributed by atoms with Crippen LogP contribution in [0.15, 0.2) is 47.5 Å². The fourth-order valence-corrected chi connectivity index (χ4v) is 4.27. The van der Waals surface area contributed by atoms with Gasteiger partial charge in [-0.05, 0) is 36.8 Å². The number of hydrogen-bond donors (Lipinski definition) is 2. The topological polar surface area (TPSA) is 74.2 Å². The third-order valence-corrected chi connectivity index (χ3v) is 5.91. The average molecular weight is 428 g/mol. The van der Waals surface area contributed by atoms with Crippen LogP contribution in [-0.4, -0.2) is 47.5 Å². The zero-order valence-corrected chi connectivity index (χ0v) is 17.7. The first-order valence-electron chi connectivity index (χ1n) is 10.4. The molecule has 1 fully saturated rings. The summed E-state index contributed by atoms with van der Waals surface area (Å²) in [5, 5.41) is 13.8. The van der Waals surface area contributed by atoms with Gasteiger partial charge in [-0.15, -0.1) is 0 Å². The maximum Gasteiger partial charge on any atom is 0.308 e. The monoisotopic (exact) mass is 427 g/mol. The molecule has 0 aliphatic carbocycles. The number of hydrogen-bond acceptors (Lipinski definition) is 5. The van der Waals surface area contributed by atoms with Gasteiger partial charge in [0.2, 0.25) is 0 Å². The molecule has 0 aromatic heterocycles. The Morgan fingerprint density at radius 2 is 2.17 bits per heavy atom. The van der Waals surface area contributed by atoms with Crippen LogP contribution in [-0.2, 0) is 4.79 Å². The second-order valence-electron chi connectivity index (χ2n) is 7.74. The highest BCUT2D eigenvalue weighted by Crippen LogP contribution is 2.39. The molecule has 158 valence electrons. The number of fused-ring (bicyclic) bond motifs is 2. The largest absolute Gasteiger partial charge is 0.481 e. The van der Waals surface area contributed by atoms with Gasteiger partial charge in [-0.25, -0.2) is 4.99 Å². The van der Waals surface area contributed by atoms with Gasteiger partial charge in [0, 0.05) is 30.7 Å². The summed E-state index contributed by atoms with van der Waals surface area (Å²) in [4.78, 5) is 19.0. The van der Waals surface area contributed by atoms with E-state index in [2.05, 4.69) is 17.1 Å². The van der Waals surface area contributed by atoms with Crippen LogP contribution in [0.3, 0.4) is 0 Å². The van der Waals surface area contributed by atoms with Crippen molar-refractivity contribution in [3.8, 4) is 11.5 Å². The van der Waals surface area contributed by atoms with E-state index in [1.165, 1.54) is 0 Å². The van der Waals surface area contributed by atoms with Gasteiger partial charge in [0.15, 0.2) is 5.75 Å². The number of nitrogens with one attached hydrogen (secondary N) is 1. The van der Waals surface area contributed by atoms with E-state index in [1.54, 1.807) is 12.1 Å². The van der Waals surface area contributed by atoms with Gasteiger partial charge in [0.1, 0.15) is 17.3 Å². The number of para-hydroxylation sites is 1. The molecule has 0 radical (unpaired) electrons. The molecule has 30 heavy (non-hydrogen) atoms. The van der Waals surface area contributed by atoms with Gasteiger partial charge in [0.25, 0.3) is 0 Å². The summed E-state index contributed by atoms with van der Waals surface area (Å²) in [7, 11) is 0. The quantitative estimate of drug-likeness (QED) is 0.724. The van der Waals surface area contributed by atoms with Crippen molar-refractivity contribution >= 4 is 29.1 Å². The number of piperazine rings is 1. The Morgan fingerprint density at radius 1 is 1.33 bits per heavy atom. The number of carbonyl (C=O) groups is 1. The molecule has 7 heteroatoms. The third kappa shape index (κ3) is 4.30. The Bertz CT molecular complexity index is 962. The zero-order valence-electron chi connectivity index (χ0n) is 17.0. The number of nitrogens with zero attached hydrogens (tertiary/aromatic N) is 2. The molecule has 2 atom stereocenters. The van der Waals surface area contributed by atoms with Crippen LogP contribution in [0.1, 0.15) is 31.7 Å². The van der Waals surface area contributed by atoms with Gasteiger partial charge < -0.3 is 20.1 Å². The number of benzene rings is 2. The minimum Gasteiger partial charge on any atom is -0.481 e. The van der Waals surface area contributed by atoms with Crippen molar-refractivity contribution in [3.05, 3.63) is 53.1 Å². The van der Waals surface area contributed by atoms with Crippen LogP contribution in [0.4, 0.5) is 5.69 Å². The summed E-state index contributed by atoms with van der Waals surface area (Å²) < 4.78 is 6.13. The lowest BCUT2D eigenvalue weighted by Crippen LogP contribution is -2.56. The molecule has 1 saturated heterocycles. The predicted molar refractivity (Wildman–Crippen MR) is 118 cm³/mol. The van der Waals surface area contributed by atoms with Gasteiger partial charge in [-0.3, -0.25) is 4.79 Å². The number of carboxylic acid groups (broad SMARTS) is 1. The number of halogens is 1. The van der Waals surface area contributed by atoms with Crippen LogP contribution >= 0.6 is 11.6 Å². The highest BCUT2D eigenvalue weighted by molar-refractivity contribution is 6.31. The molecule has 2 aliphatic rings. The van der Waals surface area contributed by atoms with Crippen LogP contribution in [0.2, 0.25) is 5.02 Å². The van der Waals surface area contributed by atoms with Gasteiger partial charge in [-0.2, -0.15) is 0 Å². The first-order valence-corrected chi connectivity index (χ1v) is 10.8. The zero-order chi connectivity index (χ0) is 21.1. The maximum absolute atomic E-state index is 11.9. The Labute approximate surface area is 181 Å². The van der Waals surface area contributed by atoms with E-state index in [-0.39, 0.29) is 6.04 Å². The molecule has 2 aromatic rings. The van der Waals surface area contributed by atoms with Crippen LogP contribution < -0.4 is 10.1 Å². The molecule has 2 N–H and O–H groups in total.